The largest absolute Gasteiger partial charge is 0.297 e. The normalized spacial score (nSPS) is 11.9. The van der Waals surface area contributed by atoms with Crippen molar-refractivity contribution in [1.29, 1.82) is 0 Å². The van der Waals surface area contributed by atoms with Crippen molar-refractivity contribution in [1.82, 2.24) is 0 Å². The third-order valence-corrected chi connectivity index (χ3v) is 5.06. The zero-order valence-electron chi connectivity index (χ0n) is 12.2. The van der Waals surface area contributed by atoms with Crippen LogP contribution < -0.4 is 0 Å². The van der Waals surface area contributed by atoms with Gasteiger partial charge in [-0.1, -0.05) is 49.1 Å². The Morgan fingerprint density at radius 3 is 2.55 bits per heavy atom. The fourth-order valence-electron chi connectivity index (χ4n) is 2.77. The molecular weight excluding hydrogens is 296 g/mol. The molecule has 0 amide bonds. The summed E-state index contributed by atoms with van der Waals surface area (Å²) >= 11 is 0. The summed E-state index contributed by atoms with van der Waals surface area (Å²) in [4.78, 5) is 0.188. The molecule has 0 unspecified atom stereocenters. The zero-order chi connectivity index (χ0) is 15.7. The Hall–Kier alpha value is -2.17. The van der Waals surface area contributed by atoms with Crippen molar-refractivity contribution in [2.75, 3.05) is 6.61 Å². The van der Waals surface area contributed by atoms with Gasteiger partial charge in [0.2, 0.25) is 0 Å². The first-order valence-electron chi connectivity index (χ1n) is 7.05. The van der Waals surface area contributed by atoms with Crippen molar-refractivity contribution in [2.45, 2.75) is 11.8 Å². The third-order valence-electron chi connectivity index (χ3n) is 3.64. The van der Waals surface area contributed by atoms with E-state index in [2.05, 4.69) is 6.58 Å². The summed E-state index contributed by atoms with van der Waals surface area (Å²) in [7, 11) is -3.79. The molecule has 3 aromatic rings. The topological polar surface area (TPSA) is 43.4 Å². The van der Waals surface area contributed by atoms with Crippen LogP contribution in [0.3, 0.4) is 0 Å². The fourth-order valence-corrected chi connectivity index (χ4v) is 3.93. The van der Waals surface area contributed by atoms with Crippen LogP contribution in [-0.2, 0) is 14.3 Å². The van der Waals surface area contributed by atoms with Crippen molar-refractivity contribution in [3.63, 3.8) is 0 Å². The second kappa shape index (κ2) is 5.55. The number of rotatable bonds is 4. The second-order valence-electron chi connectivity index (χ2n) is 4.93. The van der Waals surface area contributed by atoms with Gasteiger partial charge in [0.15, 0.2) is 0 Å². The molecule has 112 valence electrons. The smallest absolute Gasteiger partial charge is 0.267 e. The van der Waals surface area contributed by atoms with Crippen molar-refractivity contribution >= 4 is 37.7 Å². The van der Waals surface area contributed by atoms with Crippen LogP contribution >= 0.6 is 0 Å². The van der Waals surface area contributed by atoms with Crippen molar-refractivity contribution in [3.05, 3.63) is 60.7 Å². The van der Waals surface area contributed by atoms with Gasteiger partial charge >= 0.3 is 0 Å². The van der Waals surface area contributed by atoms with Gasteiger partial charge in [-0.25, -0.2) is 0 Å². The first-order valence-corrected chi connectivity index (χ1v) is 8.45. The van der Waals surface area contributed by atoms with E-state index in [4.69, 9.17) is 4.18 Å². The maximum absolute atomic E-state index is 12.4. The van der Waals surface area contributed by atoms with E-state index in [1.807, 2.05) is 36.4 Å². The molecule has 0 aromatic heterocycles. The lowest BCUT2D eigenvalue weighted by molar-refractivity contribution is 0.338. The first-order chi connectivity index (χ1) is 10.6. The number of hydrogen-bond donors (Lipinski definition) is 0. The summed E-state index contributed by atoms with van der Waals surface area (Å²) < 4.78 is 29.8. The van der Waals surface area contributed by atoms with Crippen LogP contribution in [0.2, 0.25) is 0 Å². The Kier molecular flexibility index (Phi) is 3.72. The number of hydrogen-bond acceptors (Lipinski definition) is 3. The molecule has 3 nitrogen and oxygen atoms in total. The van der Waals surface area contributed by atoms with Gasteiger partial charge in [-0.2, -0.15) is 8.42 Å². The maximum Gasteiger partial charge on any atom is 0.297 e. The van der Waals surface area contributed by atoms with Gasteiger partial charge in [-0.3, -0.25) is 4.18 Å². The second-order valence-corrected chi connectivity index (χ2v) is 6.51. The average molecular weight is 312 g/mol. The van der Waals surface area contributed by atoms with E-state index in [0.717, 1.165) is 21.7 Å². The minimum absolute atomic E-state index is 0.107. The molecular formula is C18H16O3S. The summed E-state index contributed by atoms with van der Waals surface area (Å²) in [6.07, 6.45) is 1.70. The van der Waals surface area contributed by atoms with Gasteiger partial charge in [0, 0.05) is 5.39 Å². The summed E-state index contributed by atoms with van der Waals surface area (Å²) in [6.45, 7) is 5.63. The highest BCUT2D eigenvalue weighted by atomic mass is 32.2. The van der Waals surface area contributed by atoms with E-state index in [0.29, 0.717) is 5.39 Å². The highest BCUT2D eigenvalue weighted by molar-refractivity contribution is 7.87. The molecule has 0 atom stereocenters. The lowest BCUT2D eigenvalue weighted by Crippen LogP contribution is -2.07. The molecule has 0 fully saturated rings. The van der Waals surface area contributed by atoms with Crippen LogP contribution in [0.5, 0.6) is 0 Å². The number of benzene rings is 3. The van der Waals surface area contributed by atoms with E-state index in [9.17, 15) is 8.42 Å². The van der Waals surface area contributed by atoms with Gasteiger partial charge < -0.3 is 0 Å². The zero-order valence-corrected chi connectivity index (χ0v) is 13.1. The quantitative estimate of drug-likeness (QED) is 0.531. The van der Waals surface area contributed by atoms with Gasteiger partial charge in [0.1, 0.15) is 4.90 Å². The van der Waals surface area contributed by atoms with Crippen molar-refractivity contribution in [2.24, 2.45) is 0 Å². The minimum atomic E-state index is -3.79. The van der Waals surface area contributed by atoms with E-state index < -0.39 is 10.1 Å². The number of fused-ring (bicyclic) bond motifs is 2. The molecule has 0 spiro atoms. The standard InChI is InChI=1S/C18H16O3S/c1-3-15-16-10-6-5-8-13(16)12-14-9-7-11-17(18(14)15)22(19,20)21-4-2/h3,5-12H,1,4H2,2H3. The van der Waals surface area contributed by atoms with E-state index in [1.165, 1.54) is 0 Å². The Morgan fingerprint density at radius 2 is 1.82 bits per heavy atom. The Morgan fingerprint density at radius 1 is 1.09 bits per heavy atom. The SMILES string of the molecule is C=Cc1c2ccccc2cc2cccc(S(=O)(=O)OCC)c12. The van der Waals surface area contributed by atoms with Gasteiger partial charge in [-0.15, -0.1) is 0 Å². The van der Waals surface area contributed by atoms with Crippen molar-refractivity contribution in [3.8, 4) is 0 Å². The minimum Gasteiger partial charge on any atom is -0.267 e. The van der Waals surface area contributed by atoms with E-state index in [-0.39, 0.29) is 11.5 Å². The van der Waals surface area contributed by atoms with Crippen LogP contribution in [-0.4, -0.2) is 15.0 Å². The molecule has 0 heterocycles. The molecule has 0 bridgehead atoms. The summed E-state index contributed by atoms with van der Waals surface area (Å²) in [5, 5.41) is 3.54. The van der Waals surface area contributed by atoms with E-state index >= 15 is 0 Å². The van der Waals surface area contributed by atoms with Crippen LogP contribution in [0.1, 0.15) is 12.5 Å². The Balaban J connectivity index is 2.51. The molecule has 0 aliphatic carbocycles. The van der Waals surface area contributed by atoms with Gasteiger partial charge in [0.25, 0.3) is 10.1 Å². The fraction of sp³-hybridized carbons (Fsp3) is 0.111. The highest BCUT2D eigenvalue weighted by Gasteiger charge is 2.20. The molecule has 3 aromatic carbocycles. The Labute approximate surface area is 130 Å². The molecule has 0 aliphatic rings. The Bertz CT molecular complexity index is 972. The molecule has 0 N–H and O–H groups in total. The maximum atomic E-state index is 12.4. The molecule has 0 saturated carbocycles. The van der Waals surface area contributed by atoms with Crippen LogP contribution in [0.4, 0.5) is 0 Å². The summed E-state index contributed by atoms with van der Waals surface area (Å²) in [5.74, 6) is 0. The van der Waals surface area contributed by atoms with Crippen molar-refractivity contribution < 1.29 is 12.6 Å². The first kappa shape index (κ1) is 14.8. The molecule has 0 saturated heterocycles. The molecule has 0 radical (unpaired) electrons. The predicted octanol–water partition coefficient (Wildman–Crippen LogP) is 4.36. The molecule has 22 heavy (non-hydrogen) atoms. The van der Waals surface area contributed by atoms with Crippen LogP contribution in [0.15, 0.2) is 60.0 Å². The monoisotopic (exact) mass is 312 g/mol. The predicted molar refractivity (Wildman–Crippen MR) is 90.4 cm³/mol. The molecule has 4 heteroatoms. The highest BCUT2D eigenvalue weighted by Crippen LogP contribution is 2.34. The summed E-state index contributed by atoms with van der Waals surface area (Å²) in [5.41, 5.74) is 0.812. The molecule has 0 aliphatic heterocycles. The van der Waals surface area contributed by atoms with Gasteiger partial charge in [-0.05, 0) is 40.8 Å². The lowest BCUT2D eigenvalue weighted by atomic mass is 9.97. The van der Waals surface area contributed by atoms with Crippen LogP contribution in [0.25, 0.3) is 27.6 Å². The van der Waals surface area contributed by atoms with Gasteiger partial charge in [0.05, 0.1) is 6.61 Å². The molecule has 3 rings (SSSR count). The van der Waals surface area contributed by atoms with E-state index in [1.54, 1.807) is 25.1 Å². The third kappa shape index (κ3) is 2.30. The average Bonchev–Trinajstić information content (AvgIpc) is 2.51. The summed E-state index contributed by atoms with van der Waals surface area (Å²) in [6, 6.07) is 15.1. The lowest BCUT2D eigenvalue weighted by Gasteiger charge is -2.12. The van der Waals surface area contributed by atoms with Crippen LogP contribution in [0, 0.1) is 0 Å².